The number of anilines is 1. The topological polar surface area (TPSA) is 57.3 Å². The Morgan fingerprint density at radius 1 is 1.43 bits per heavy atom. The molecule has 1 aliphatic rings. The first-order valence-electron chi connectivity index (χ1n) is 7.32. The number of piperazine rings is 1. The first-order valence-corrected chi connectivity index (χ1v) is 7.32. The van der Waals surface area contributed by atoms with E-state index >= 15 is 0 Å². The van der Waals surface area contributed by atoms with E-state index < -0.39 is 0 Å². The summed E-state index contributed by atoms with van der Waals surface area (Å²) in [6.07, 6.45) is 1.76. The van der Waals surface area contributed by atoms with Gasteiger partial charge in [-0.25, -0.2) is 0 Å². The van der Waals surface area contributed by atoms with Gasteiger partial charge in [0.1, 0.15) is 0 Å². The van der Waals surface area contributed by atoms with Gasteiger partial charge in [0.15, 0.2) is 0 Å². The number of carbonyl (C=O) groups excluding carboxylic acids is 1. The van der Waals surface area contributed by atoms with E-state index in [-0.39, 0.29) is 5.91 Å². The minimum Gasteiger partial charge on any atom is -0.324 e. The molecule has 1 fully saturated rings. The molecule has 2 N–H and O–H groups in total. The highest BCUT2D eigenvalue weighted by atomic mass is 16.2. The molecule has 1 atom stereocenters. The smallest absolute Gasteiger partial charge is 0.238 e. The summed E-state index contributed by atoms with van der Waals surface area (Å²) in [7, 11) is 0. The van der Waals surface area contributed by atoms with E-state index in [1.54, 1.807) is 6.20 Å². The van der Waals surface area contributed by atoms with Crippen LogP contribution in [0.5, 0.6) is 0 Å². The van der Waals surface area contributed by atoms with Crippen LogP contribution in [0, 0.1) is 0 Å². The molecule has 1 saturated heterocycles. The number of nitrogens with one attached hydrogen (secondary N) is 2. The molecule has 21 heavy (non-hydrogen) atoms. The van der Waals surface area contributed by atoms with Crippen molar-refractivity contribution in [2.75, 3.05) is 31.5 Å². The van der Waals surface area contributed by atoms with Crippen molar-refractivity contribution in [3.8, 4) is 0 Å². The lowest BCUT2D eigenvalue weighted by Gasteiger charge is -2.31. The third kappa shape index (κ3) is 3.37. The van der Waals surface area contributed by atoms with Crippen LogP contribution in [-0.4, -0.2) is 48.0 Å². The van der Waals surface area contributed by atoms with Crippen molar-refractivity contribution in [2.45, 2.75) is 13.0 Å². The number of amides is 1. The van der Waals surface area contributed by atoms with Gasteiger partial charge in [0, 0.05) is 37.3 Å². The van der Waals surface area contributed by atoms with E-state index in [1.165, 1.54) is 0 Å². The molecule has 2 heterocycles. The first-order chi connectivity index (χ1) is 10.2. The third-order valence-electron chi connectivity index (χ3n) is 3.74. The van der Waals surface area contributed by atoms with E-state index in [1.807, 2.05) is 30.3 Å². The number of benzene rings is 1. The minimum atomic E-state index is 0.0282. The summed E-state index contributed by atoms with van der Waals surface area (Å²) in [6.45, 7) is 5.33. The molecule has 0 radical (unpaired) electrons. The van der Waals surface area contributed by atoms with Crippen molar-refractivity contribution < 1.29 is 4.79 Å². The van der Waals surface area contributed by atoms with Gasteiger partial charge in [0.05, 0.1) is 17.7 Å². The molecule has 3 rings (SSSR count). The van der Waals surface area contributed by atoms with Gasteiger partial charge in [-0.3, -0.25) is 14.7 Å². The summed E-state index contributed by atoms with van der Waals surface area (Å²) in [4.78, 5) is 18.7. The van der Waals surface area contributed by atoms with E-state index in [4.69, 9.17) is 0 Å². The number of pyridine rings is 1. The van der Waals surface area contributed by atoms with Crippen molar-refractivity contribution in [1.29, 1.82) is 0 Å². The molecular weight excluding hydrogens is 264 g/mol. The van der Waals surface area contributed by atoms with Crippen molar-refractivity contribution >= 4 is 22.5 Å². The van der Waals surface area contributed by atoms with E-state index in [0.717, 1.165) is 36.2 Å². The summed E-state index contributed by atoms with van der Waals surface area (Å²) < 4.78 is 0. The molecule has 5 heteroatoms. The van der Waals surface area contributed by atoms with Crippen molar-refractivity contribution in [1.82, 2.24) is 15.2 Å². The number of carbonyl (C=O) groups is 1. The summed E-state index contributed by atoms with van der Waals surface area (Å²) >= 11 is 0. The second-order valence-corrected chi connectivity index (χ2v) is 5.51. The number of rotatable bonds is 3. The molecular formula is C16H20N4O. The van der Waals surface area contributed by atoms with Gasteiger partial charge in [-0.05, 0) is 31.2 Å². The van der Waals surface area contributed by atoms with E-state index in [2.05, 4.69) is 27.4 Å². The van der Waals surface area contributed by atoms with Gasteiger partial charge < -0.3 is 10.6 Å². The van der Waals surface area contributed by atoms with Gasteiger partial charge in [-0.15, -0.1) is 0 Å². The van der Waals surface area contributed by atoms with Gasteiger partial charge in [0.25, 0.3) is 0 Å². The standard InChI is InChI=1S/C16H20N4O/c1-12-10-20(9-8-17-12)11-16(21)19-15-6-2-5-14-13(15)4-3-7-18-14/h2-7,12,17H,8-11H2,1H3,(H,19,21)/t12-/m0/s1. The Morgan fingerprint density at radius 3 is 3.19 bits per heavy atom. The highest BCUT2D eigenvalue weighted by Gasteiger charge is 2.18. The van der Waals surface area contributed by atoms with Crippen molar-refractivity contribution in [3.63, 3.8) is 0 Å². The average Bonchev–Trinajstić information content (AvgIpc) is 2.47. The summed E-state index contributed by atoms with van der Waals surface area (Å²) in [5.41, 5.74) is 1.72. The average molecular weight is 284 g/mol. The Bertz CT molecular complexity index is 638. The maximum Gasteiger partial charge on any atom is 0.238 e. The molecule has 0 bridgehead atoms. The monoisotopic (exact) mass is 284 g/mol. The summed E-state index contributed by atoms with van der Waals surface area (Å²) in [6, 6.07) is 10.1. The van der Waals surface area contributed by atoms with E-state index in [9.17, 15) is 4.79 Å². The highest BCUT2D eigenvalue weighted by molar-refractivity contribution is 6.01. The lowest BCUT2D eigenvalue weighted by Crippen LogP contribution is -2.51. The van der Waals surface area contributed by atoms with Crippen LogP contribution in [-0.2, 0) is 4.79 Å². The zero-order valence-electron chi connectivity index (χ0n) is 12.2. The van der Waals surface area contributed by atoms with Crippen LogP contribution in [0.3, 0.4) is 0 Å². The van der Waals surface area contributed by atoms with Crippen LogP contribution in [0.4, 0.5) is 5.69 Å². The molecule has 0 aliphatic carbocycles. The fraction of sp³-hybridized carbons (Fsp3) is 0.375. The van der Waals surface area contributed by atoms with Crippen LogP contribution in [0.2, 0.25) is 0 Å². The molecule has 1 amide bonds. The number of hydrogen-bond acceptors (Lipinski definition) is 4. The fourth-order valence-electron chi connectivity index (χ4n) is 2.76. The number of nitrogens with zero attached hydrogens (tertiary/aromatic N) is 2. The maximum atomic E-state index is 12.2. The van der Waals surface area contributed by atoms with Gasteiger partial charge in [-0.1, -0.05) is 6.07 Å². The van der Waals surface area contributed by atoms with Gasteiger partial charge in [-0.2, -0.15) is 0 Å². The van der Waals surface area contributed by atoms with Crippen LogP contribution in [0.25, 0.3) is 10.9 Å². The second kappa shape index (κ2) is 6.20. The van der Waals surface area contributed by atoms with Crippen molar-refractivity contribution in [3.05, 3.63) is 36.5 Å². The number of aromatic nitrogens is 1. The zero-order chi connectivity index (χ0) is 14.7. The largest absolute Gasteiger partial charge is 0.324 e. The van der Waals surface area contributed by atoms with Crippen LogP contribution in [0.1, 0.15) is 6.92 Å². The predicted molar refractivity (Wildman–Crippen MR) is 84.3 cm³/mol. The van der Waals surface area contributed by atoms with E-state index in [0.29, 0.717) is 12.6 Å². The molecule has 5 nitrogen and oxygen atoms in total. The Morgan fingerprint density at radius 2 is 2.33 bits per heavy atom. The van der Waals surface area contributed by atoms with Crippen LogP contribution < -0.4 is 10.6 Å². The maximum absolute atomic E-state index is 12.2. The normalized spacial score (nSPS) is 19.6. The Labute approximate surface area is 124 Å². The molecule has 0 unspecified atom stereocenters. The molecule has 2 aromatic rings. The van der Waals surface area contributed by atoms with Crippen LogP contribution >= 0.6 is 0 Å². The zero-order valence-corrected chi connectivity index (χ0v) is 12.2. The molecule has 1 aromatic heterocycles. The Balaban J connectivity index is 1.69. The van der Waals surface area contributed by atoms with Crippen molar-refractivity contribution in [2.24, 2.45) is 0 Å². The lowest BCUT2D eigenvalue weighted by atomic mass is 10.2. The van der Waals surface area contributed by atoms with Crippen LogP contribution in [0.15, 0.2) is 36.5 Å². The number of hydrogen-bond donors (Lipinski definition) is 2. The molecule has 0 saturated carbocycles. The summed E-state index contributed by atoms with van der Waals surface area (Å²) in [5.74, 6) is 0.0282. The third-order valence-corrected chi connectivity index (χ3v) is 3.74. The van der Waals surface area contributed by atoms with Gasteiger partial charge in [0.2, 0.25) is 5.91 Å². The molecule has 0 spiro atoms. The molecule has 1 aromatic carbocycles. The Hall–Kier alpha value is -1.98. The van der Waals surface area contributed by atoms with Gasteiger partial charge >= 0.3 is 0 Å². The Kier molecular flexibility index (Phi) is 4.13. The SMILES string of the molecule is C[C@H]1CN(CC(=O)Nc2cccc3ncccc23)CCN1. The molecule has 1 aliphatic heterocycles. The predicted octanol–water partition coefficient (Wildman–Crippen LogP) is 1.47. The highest BCUT2D eigenvalue weighted by Crippen LogP contribution is 2.21. The quantitative estimate of drug-likeness (QED) is 0.896. The first kappa shape index (κ1) is 14.0. The number of fused-ring (bicyclic) bond motifs is 1. The minimum absolute atomic E-state index is 0.0282. The lowest BCUT2D eigenvalue weighted by molar-refractivity contribution is -0.117. The second-order valence-electron chi connectivity index (χ2n) is 5.51. The summed E-state index contributed by atoms with van der Waals surface area (Å²) in [5, 5.41) is 7.36. The molecule has 110 valence electrons. The fourth-order valence-corrected chi connectivity index (χ4v) is 2.76.